The summed E-state index contributed by atoms with van der Waals surface area (Å²) in [4.78, 5) is 27.5. The van der Waals surface area contributed by atoms with Crippen LogP contribution < -0.4 is 5.69 Å². The normalized spacial score (nSPS) is 20.3. The highest BCUT2D eigenvalue weighted by Crippen LogP contribution is 2.30. The maximum absolute atomic E-state index is 12.8. The number of carbonyl (C=O) groups excluding carboxylic acids is 1. The Balaban J connectivity index is 1.45. The minimum Gasteiger partial charge on any atom is -0.342 e. The molecular weight excluding hydrogens is 364 g/mol. The van der Waals surface area contributed by atoms with Crippen molar-refractivity contribution in [2.24, 2.45) is 13.0 Å². The SMILES string of the molecule is Cn1nc(C2CCCN(C(=O)CCC3CCCC3)C2)n(Cc2ccccc2)c1=O. The second-order valence-electron chi connectivity index (χ2n) is 8.70. The van der Waals surface area contributed by atoms with Gasteiger partial charge in [-0.3, -0.25) is 9.36 Å². The van der Waals surface area contributed by atoms with E-state index in [1.165, 1.54) is 30.4 Å². The van der Waals surface area contributed by atoms with Gasteiger partial charge in [-0.1, -0.05) is 56.0 Å². The first kappa shape index (κ1) is 19.9. The third-order valence-corrected chi connectivity index (χ3v) is 6.60. The number of piperidine rings is 1. The van der Waals surface area contributed by atoms with Crippen LogP contribution in [0.4, 0.5) is 0 Å². The van der Waals surface area contributed by atoms with Gasteiger partial charge in [-0.05, 0) is 30.7 Å². The molecule has 1 aromatic carbocycles. The molecule has 1 aliphatic heterocycles. The lowest BCUT2D eigenvalue weighted by Crippen LogP contribution is -2.40. The van der Waals surface area contributed by atoms with Gasteiger partial charge in [0.1, 0.15) is 5.82 Å². The number of rotatable bonds is 6. The Morgan fingerprint density at radius 1 is 1.10 bits per heavy atom. The van der Waals surface area contributed by atoms with Crippen LogP contribution in [-0.4, -0.2) is 38.2 Å². The highest BCUT2D eigenvalue weighted by Gasteiger charge is 2.29. The molecule has 1 atom stereocenters. The zero-order chi connectivity index (χ0) is 20.2. The summed E-state index contributed by atoms with van der Waals surface area (Å²) in [5.41, 5.74) is 0.998. The van der Waals surface area contributed by atoms with Gasteiger partial charge in [-0.15, -0.1) is 0 Å². The van der Waals surface area contributed by atoms with E-state index in [2.05, 4.69) is 5.10 Å². The first-order valence-corrected chi connectivity index (χ1v) is 11.1. The summed E-state index contributed by atoms with van der Waals surface area (Å²) in [6.45, 7) is 2.03. The molecule has 2 aliphatic rings. The van der Waals surface area contributed by atoms with Crippen molar-refractivity contribution in [2.45, 2.75) is 63.8 Å². The van der Waals surface area contributed by atoms with Crippen LogP contribution in [0.3, 0.4) is 0 Å². The van der Waals surface area contributed by atoms with Crippen LogP contribution in [-0.2, 0) is 18.4 Å². The average molecular weight is 397 g/mol. The maximum Gasteiger partial charge on any atom is 0.345 e. The van der Waals surface area contributed by atoms with Gasteiger partial charge in [-0.2, -0.15) is 5.10 Å². The zero-order valence-electron chi connectivity index (χ0n) is 17.4. The molecule has 6 heteroatoms. The predicted molar refractivity (Wildman–Crippen MR) is 113 cm³/mol. The minimum atomic E-state index is -0.0893. The van der Waals surface area contributed by atoms with Crippen LogP contribution >= 0.6 is 0 Å². The molecule has 1 aliphatic carbocycles. The number of hydrogen-bond acceptors (Lipinski definition) is 3. The lowest BCUT2D eigenvalue weighted by atomic mass is 9.95. The molecule has 0 spiro atoms. The summed E-state index contributed by atoms with van der Waals surface area (Å²) in [6.07, 6.45) is 8.85. The Morgan fingerprint density at radius 2 is 1.86 bits per heavy atom. The van der Waals surface area contributed by atoms with E-state index in [1.54, 1.807) is 11.6 Å². The fourth-order valence-electron chi connectivity index (χ4n) is 4.94. The number of benzene rings is 1. The van der Waals surface area contributed by atoms with E-state index in [9.17, 15) is 9.59 Å². The van der Waals surface area contributed by atoms with Gasteiger partial charge >= 0.3 is 5.69 Å². The smallest absolute Gasteiger partial charge is 0.342 e. The van der Waals surface area contributed by atoms with Crippen LogP contribution in [0.5, 0.6) is 0 Å². The molecule has 156 valence electrons. The van der Waals surface area contributed by atoms with Gasteiger partial charge in [0, 0.05) is 32.5 Å². The molecule has 1 unspecified atom stereocenters. The Bertz CT molecular complexity index is 880. The number of amides is 1. The largest absolute Gasteiger partial charge is 0.345 e. The molecule has 1 amide bonds. The average Bonchev–Trinajstić information content (AvgIpc) is 3.37. The number of aryl methyl sites for hydroxylation is 1. The van der Waals surface area contributed by atoms with Crippen molar-refractivity contribution < 1.29 is 4.79 Å². The van der Waals surface area contributed by atoms with Crippen molar-refractivity contribution in [2.75, 3.05) is 13.1 Å². The van der Waals surface area contributed by atoms with Crippen LogP contribution in [0, 0.1) is 5.92 Å². The summed E-state index contributed by atoms with van der Waals surface area (Å²) in [7, 11) is 1.71. The molecule has 1 saturated carbocycles. The minimum absolute atomic E-state index is 0.0893. The molecule has 4 rings (SSSR count). The van der Waals surface area contributed by atoms with E-state index in [-0.39, 0.29) is 17.5 Å². The number of likely N-dealkylation sites (tertiary alicyclic amines) is 1. The van der Waals surface area contributed by atoms with Crippen molar-refractivity contribution in [3.05, 3.63) is 52.2 Å². The molecule has 2 heterocycles. The summed E-state index contributed by atoms with van der Waals surface area (Å²) in [6, 6.07) is 10.0. The molecule has 0 N–H and O–H groups in total. The van der Waals surface area contributed by atoms with Crippen molar-refractivity contribution in [3.8, 4) is 0 Å². The van der Waals surface area contributed by atoms with Crippen molar-refractivity contribution in [1.82, 2.24) is 19.2 Å². The van der Waals surface area contributed by atoms with E-state index in [1.807, 2.05) is 35.2 Å². The number of hydrogen-bond donors (Lipinski definition) is 0. The second kappa shape index (κ2) is 8.97. The molecule has 6 nitrogen and oxygen atoms in total. The summed E-state index contributed by atoms with van der Waals surface area (Å²) in [5.74, 6) is 1.95. The Morgan fingerprint density at radius 3 is 2.62 bits per heavy atom. The van der Waals surface area contributed by atoms with Gasteiger partial charge in [0.25, 0.3) is 0 Å². The highest BCUT2D eigenvalue weighted by molar-refractivity contribution is 5.76. The Hall–Kier alpha value is -2.37. The molecule has 0 bridgehead atoms. The first-order chi connectivity index (χ1) is 14.1. The van der Waals surface area contributed by atoms with Crippen LogP contribution in [0.25, 0.3) is 0 Å². The Kier molecular flexibility index (Phi) is 6.16. The van der Waals surface area contributed by atoms with E-state index < -0.39 is 0 Å². The van der Waals surface area contributed by atoms with Crippen molar-refractivity contribution >= 4 is 5.91 Å². The number of nitrogens with zero attached hydrogens (tertiary/aromatic N) is 4. The lowest BCUT2D eigenvalue weighted by Gasteiger charge is -2.32. The van der Waals surface area contributed by atoms with Gasteiger partial charge in [0.15, 0.2) is 0 Å². The summed E-state index contributed by atoms with van der Waals surface area (Å²) < 4.78 is 3.21. The molecule has 1 saturated heterocycles. The standard InChI is InChI=1S/C23H32N4O2/c1-25-23(29)27(16-19-10-3-2-4-11-19)22(24-25)20-12-7-15-26(17-20)21(28)14-13-18-8-5-6-9-18/h2-4,10-11,18,20H,5-9,12-17H2,1H3. The molecule has 2 fully saturated rings. The van der Waals surface area contributed by atoms with Crippen molar-refractivity contribution in [1.29, 1.82) is 0 Å². The third-order valence-electron chi connectivity index (χ3n) is 6.60. The third kappa shape index (κ3) is 4.62. The Labute approximate surface area is 172 Å². The zero-order valence-corrected chi connectivity index (χ0v) is 17.4. The maximum atomic E-state index is 12.8. The summed E-state index contributed by atoms with van der Waals surface area (Å²) >= 11 is 0. The van der Waals surface area contributed by atoms with Crippen LogP contribution in [0.15, 0.2) is 35.1 Å². The molecular formula is C23H32N4O2. The topological polar surface area (TPSA) is 60.1 Å². The van der Waals surface area contributed by atoms with E-state index in [0.717, 1.165) is 43.1 Å². The molecule has 2 aromatic rings. The van der Waals surface area contributed by atoms with Crippen molar-refractivity contribution in [3.63, 3.8) is 0 Å². The molecule has 1 aromatic heterocycles. The lowest BCUT2D eigenvalue weighted by molar-refractivity contribution is -0.132. The number of carbonyl (C=O) groups is 1. The van der Waals surface area contributed by atoms with Gasteiger partial charge in [0.05, 0.1) is 6.54 Å². The predicted octanol–water partition coefficient (Wildman–Crippen LogP) is 3.31. The summed E-state index contributed by atoms with van der Waals surface area (Å²) in [5, 5.41) is 4.56. The monoisotopic (exact) mass is 396 g/mol. The van der Waals surface area contributed by atoms with Gasteiger partial charge in [0.2, 0.25) is 5.91 Å². The van der Waals surface area contributed by atoms with Gasteiger partial charge in [-0.25, -0.2) is 9.48 Å². The van der Waals surface area contributed by atoms with Crippen LogP contribution in [0.1, 0.15) is 68.7 Å². The van der Waals surface area contributed by atoms with E-state index in [4.69, 9.17) is 0 Å². The van der Waals surface area contributed by atoms with Gasteiger partial charge < -0.3 is 4.90 Å². The number of aromatic nitrogens is 3. The first-order valence-electron chi connectivity index (χ1n) is 11.1. The van der Waals surface area contributed by atoms with E-state index >= 15 is 0 Å². The molecule has 0 radical (unpaired) electrons. The fraction of sp³-hybridized carbons (Fsp3) is 0.609. The van der Waals surface area contributed by atoms with E-state index in [0.29, 0.717) is 19.5 Å². The van der Waals surface area contributed by atoms with Crippen LogP contribution in [0.2, 0.25) is 0 Å². The quantitative estimate of drug-likeness (QED) is 0.753. The fourth-order valence-corrected chi connectivity index (χ4v) is 4.94. The molecule has 29 heavy (non-hydrogen) atoms. The second-order valence-corrected chi connectivity index (χ2v) is 8.70. The highest BCUT2D eigenvalue weighted by atomic mass is 16.2.